The van der Waals surface area contributed by atoms with Gasteiger partial charge in [0.1, 0.15) is 0 Å². The van der Waals surface area contributed by atoms with Crippen molar-refractivity contribution in [3.05, 3.63) is 30.1 Å². The maximum absolute atomic E-state index is 4.22. The molecule has 1 aromatic carbocycles. The summed E-state index contributed by atoms with van der Waals surface area (Å²) in [5.74, 6) is 0.948. The summed E-state index contributed by atoms with van der Waals surface area (Å²) < 4.78 is 0. The molecule has 0 amide bonds. The number of thiol groups is 1. The van der Waals surface area contributed by atoms with Crippen LogP contribution < -0.4 is 0 Å². The molecule has 0 aliphatic heterocycles. The van der Waals surface area contributed by atoms with Crippen LogP contribution in [0.1, 0.15) is 12.0 Å². The lowest BCUT2D eigenvalue weighted by Crippen LogP contribution is -2.19. The molecule has 3 nitrogen and oxygen atoms in total. The highest BCUT2D eigenvalue weighted by molar-refractivity contribution is 7.80. The maximum Gasteiger partial charge on any atom is 0.0931 e. The Kier molecular flexibility index (Phi) is 3.85. The fourth-order valence-electron chi connectivity index (χ4n) is 1.81. The van der Waals surface area contributed by atoms with Gasteiger partial charge in [0.05, 0.1) is 17.4 Å². The Bertz CT molecular complexity index is 452. The van der Waals surface area contributed by atoms with Crippen LogP contribution in [0.5, 0.6) is 0 Å². The second kappa shape index (κ2) is 5.37. The quantitative estimate of drug-likeness (QED) is 0.779. The van der Waals surface area contributed by atoms with E-state index in [0.717, 1.165) is 36.3 Å². The molecule has 86 valence electrons. The van der Waals surface area contributed by atoms with E-state index < -0.39 is 0 Å². The van der Waals surface area contributed by atoms with Crippen molar-refractivity contribution in [1.29, 1.82) is 0 Å². The van der Waals surface area contributed by atoms with E-state index in [1.165, 1.54) is 5.56 Å². The first-order chi connectivity index (χ1) is 7.79. The summed E-state index contributed by atoms with van der Waals surface area (Å²) >= 11 is 4.22. The minimum absolute atomic E-state index is 0.948. The Morgan fingerprint density at radius 1 is 1.44 bits per heavy atom. The predicted molar refractivity (Wildman–Crippen MR) is 70.9 cm³/mol. The standard InChI is InChI=1S/C12H17N3S/c1-15(5-2-6-16)8-10-3-4-11-12(7-10)14-9-13-11/h3-4,7,9,16H,2,5-6,8H2,1H3,(H,13,14). The molecule has 0 bridgehead atoms. The number of rotatable bonds is 5. The molecule has 16 heavy (non-hydrogen) atoms. The molecule has 0 atom stereocenters. The summed E-state index contributed by atoms with van der Waals surface area (Å²) in [7, 11) is 2.14. The minimum atomic E-state index is 0.948. The summed E-state index contributed by atoms with van der Waals surface area (Å²) in [4.78, 5) is 9.66. The van der Waals surface area contributed by atoms with Gasteiger partial charge in [0.15, 0.2) is 0 Å². The summed E-state index contributed by atoms with van der Waals surface area (Å²) in [6, 6.07) is 6.37. The molecular weight excluding hydrogens is 218 g/mol. The fourth-order valence-corrected chi connectivity index (χ4v) is 1.95. The minimum Gasteiger partial charge on any atom is -0.345 e. The van der Waals surface area contributed by atoms with Crippen molar-refractivity contribution in [3.8, 4) is 0 Å². The van der Waals surface area contributed by atoms with E-state index in [9.17, 15) is 0 Å². The number of nitrogens with zero attached hydrogens (tertiary/aromatic N) is 2. The van der Waals surface area contributed by atoms with E-state index in [1.54, 1.807) is 6.33 Å². The van der Waals surface area contributed by atoms with Gasteiger partial charge in [-0.25, -0.2) is 4.98 Å². The third-order valence-electron chi connectivity index (χ3n) is 2.64. The molecule has 0 unspecified atom stereocenters. The predicted octanol–water partition coefficient (Wildman–Crippen LogP) is 2.31. The molecule has 0 fully saturated rings. The second-order valence-corrected chi connectivity index (χ2v) is 4.52. The number of hydrogen-bond acceptors (Lipinski definition) is 3. The summed E-state index contributed by atoms with van der Waals surface area (Å²) in [5.41, 5.74) is 3.46. The van der Waals surface area contributed by atoms with E-state index >= 15 is 0 Å². The van der Waals surface area contributed by atoms with Gasteiger partial charge in [0, 0.05) is 6.54 Å². The van der Waals surface area contributed by atoms with E-state index in [-0.39, 0.29) is 0 Å². The second-order valence-electron chi connectivity index (χ2n) is 4.07. The Balaban J connectivity index is 2.03. The molecule has 0 spiro atoms. The zero-order valence-electron chi connectivity index (χ0n) is 9.48. The molecule has 1 N–H and O–H groups in total. The van der Waals surface area contributed by atoms with Gasteiger partial charge >= 0.3 is 0 Å². The van der Waals surface area contributed by atoms with Gasteiger partial charge in [-0.05, 0) is 43.5 Å². The van der Waals surface area contributed by atoms with Crippen LogP contribution in [0.25, 0.3) is 11.0 Å². The number of benzene rings is 1. The number of H-pyrrole nitrogens is 1. The van der Waals surface area contributed by atoms with E-state index in [1.807, 2.05) is 0 Å². The molecule has 0 aliphatic rings. The molecule has 0 aliphatic carbocycles. The van der Waals surface area contributed by atoms with Crippen molar-refractivity contribution >= 4 is 23.7 Å². The molecule has 0 radical (unpaired) electrons. The molecule has 2 rings (SSSR count). The molecule has 0 saturated carbocycles. The molecule has 2 aromatic rings. The van der Waals surface area contributed by atoms with Gasteiger partial charge in [-0.3, -0.25) is 0 Å². The Morgan fingerprint density at radius 2 is 2.31 bits per heavy atom. The lowest BCUT2D eigenvalue weighted by atomic mass is 10.2. The van der Waals surface area contributed by atoms with Crippen molar-refractivity contribution in [2.75, 3.05) is 19.3 Å². The number of aromatic amines is 1. The summed E-state index contributed by atoms with van der Waals surface area (Å²) in [6.45, 7) is 2.06. The lowest BCUT2D eigenvalue weighted by Gasteiger charge is -2.15. The zero-order valence-corrected chi connectivity index (χ0v) is 10.4. The van der Waals surface area contributed by atoms with Gasteiger partial charge in [0.25, 0.3) is 0 Å². The highest BCUT2D eigenvalue weighted by Crippen LogP contribution is 2.12. The molecular formula is C12H17N3S. The SMILES string of the molecule is CN(CCCS)Cc1ccc2nc[nH]c2c1. The first kappa shape index (κ1) is 11.5. The van der Waals surface area contributed by atoms with Crippen LogP contribution in [0.15, 0.2) is 24.5 Å². The number of fused-ring (bicyclic) bond motifs is 1. The van der Waals surface area contributed by atoms with E-state index in [0.29, 0.717) is 0 Å². The van der Waals surface area contributed by atoms with Crippen molar-refractivity contribution in [2.24, 2.45) is 0 Å². The van der Waals surface area contributed by atoms with Crippen LogP contribution in [0, 0.1) is 0 Å². The first-order valence-electron chi connectivity index (χ1n) is 5.51. The topological polar surface area (TPSA) is 31.9 Å². The molecule has 4 heteroatoms. The molecule has 1 heterocycles. The normalized spacial score (nSPS) is 11.4. The highest BCUT2D eigenvalue weighted by atomic mass is 32.1. The Labute approximate surface area is 101 Å². The Morgan fingerprint density at radius 3 is 3.12 bits per heavy atom. The van der Waals surface area contributed by atoms with Crippen LogP contribution in [0.3, 0.4) is 0 Å². The number of imidazole rings is 1. The van der Waals surface area contributed by atoms with E-state index in [2.05, 4.69) is 52.7 Å². The fraction of sp³-hybridized carbons (Fsp3) is 0.417. The average molecular weight is 235 g/mol. The summed E-state index contributed by atoms with van der Waals surface area (Å²) in [6.07, 6.45) is 2.87. The van der Waals surface area contributed by atoms with Crippen LogP contribution in [-0.2, 0) is 6.54 Å². The van der Waals surface area contributed by atoms with Crippen molar-refractivity contribution < 1.29 is 0 Å². The van der Waals surface area contributed by atoms with Crippen LogP contribution in [0.4, 0.5) is 0 Å². The smallest absolute Gasteiger partial charge is 0.0931 e. The lowest BCUT2D eigenvalue weighted by molar-refractivity contribution is 0.329. The van der Waals surface area contributed by atoms with Crippen molar-refractivity contribution in [3.63, 3.8) is 0 Å². The van der Waals surface area contributed by atoms with Crippen LogP contribution >= 0.6 is 12.6 Å². The highest BCUT2D eigenvalue weighted by Gasteiger charge is 2.02. The molecule has 1 aromatic heterocycles. The number of hydrogen-bond donors (Lipinski definition) is 2. The van der Waals surface area contributed by atoms with Crippen LogP contribution in [0.2, 0.25) is 0 Å². The van der Waals surface area contributed by atoms with Crippen molar-refractivity contribution in [1.82, 2.24) is 14.9 Å². The average Bonchev–Trinajstić information content (AvgIpc) is 2.73. The van der Waals surface area contributed by atoms with Crippen molar-refractivity contribution in [2.45, 2.75) is 13.0 Å². The monoisotopic (exact) mass is 235 g/mol. The van der Waals surface area contributed by atoms with Gasteiger partial charge in [-0.1, -0.05) is 6.07 Å². The third-order valence-corrected chi connectivity index (χ3v) is 2.95. The third kappa shape index (κ3) is 2.77. The Hall–Kier alpha value is -1.00. The first-order valence-corrected chi connectivity index (χ1v) is 6.14. The van der Waals surface area contributed by atoms with Gasteiger partial charge in [-0.15, -0.1) is 0 Å². The van der Waals surface area contributed by atoms with Crippen LogP contribution in [-0.4, -0.2) is 34.2 Å². The largest absolute Gasteiger partial charge is 0.345 e. The van der Waals surface area contributed by atoms with E-state index in [4.69, 9.17) is 0 Å². The summed E-state index contributed by atoms with van der Waals surface area (Å²) in [5, 5.41) is 0. The maximum atomic E-state index is 4.22. The van der Waals surface area contributed by atoms with Gasteiger partial charge in [0.2, 0.25) is 0 Å². The van der Waals surface area contributed by atoms with Gasteiger partial charge < -0.3 is 9.88 Å². The van der Waals surface area contributed by atoms with Gasteiger partial charge in [-0.2, -0.15) is 12.6 Å². The number of nitrogens with one attached hydrogen (secondary N) is 1. The zero-order chi connectivity index (χ0) is 11.4. The number of aromatic nitrogens is 2. The molecule has 0 saturated heterocycles.